The molecular weight excluding hydrogens is 230 g/mol. The average molecular weight is 239 g/mol. The van der Waals surface area contributed by atoms with Gasteiger partial charge in [-0.25, -0.2) is 9.78 Å². The number of nitrogens with one attached hydrogen (secondary N) is 1. The van der Waals surface area contributed by atoms with E-state index in [0.717, 1.165) is 11.3 Å². The zero-order valence-electron chi connectivity index (χ0n) is 8.38. The number of oxazole rings is 1. The molecular formula is C9H9N3O3S. The predicted octanol–water partition coefficient (Wildman–Crippen LogP) is 2.00. The Labute approximate surface area is 95.0 Å². The lowest BCUT2D eigenvalue weighted by Crippen LogP contribution is -2.06. The number of hydrogen-bond donors (Lipinski definition) is 2. The van der Waals surface area contributed by atoms with Crippen molar-refractivity contribution in [1.29, 1.82) is 0 Å². The van der Waals surface area contributed by atoms with Gasteiger partial charge in [0.1, 0.15) is 11.3 Å². The molecule has 2 heterocycles. The predicted molar refractivity (Wildman–Crippen MR) is 57.6 cm³/mol. The van der Waals surface area contributed by atoms with Gasteiger partial charge in [0.2, 0.25) is 0 Å². The standard InChI is InChI=1S/C9H9N3O3S/c1-5(7-10-2-3-16-7)11-9-12-6(4-15-9)8(13)14/h2-5H,1H3,(H,11,12)(H,13,14). The Morgan fingerprint density at radius 2 is 2.50 bits per heavy atom. The Bertz CT molecular complexity index is 480. The smallest absolute Gasteiger partial charge is 0.357 e. The lowest BCUT2D eigenvalue weighted by molar-refractivity contribution is 0.0690. The molecule has 0 aromatic carbocycles. The molecule has 0 amide bonds. The largest absolute Gasteiger partial charge is 0.476 e. The van der Waals surface area contributed by atoms with Crippen LogP contribution in [0.4, 0.5) is 6.01 Å². The maximum absolute atomic E-state index is 10.6. The van der Waals surface area contributed by atoms with Crippen LogP contribution in [0.15, 0.2) is 22.3 Å². The summed E-state index contributed by atoms with van der Waals surface area (Å²) in [6.07, 6.45) is 2.80. The molecule has 0 bridgehead atoms. The first-order chi connectivity index (χ1) is 7.66. The van der Waals surface area contributed by atoms with Crippen molar-refractivity contribution < 1.29 is 14.3 Å². The molecule has 6 nitrogen and oxygen atoms in total. The van der Waals surface area contributed by atoms with Crippen molar-refractivity contribution in [2.45, 2.75) is 13.0 Å². The molecule has 0 aliphatic heterocycles. The van der Waals surface area contributed by atoms with Gasteiger partial charge in [-0.1, -0.05) is 0 Å². The number of aromatic carboxylic acids is 1. The fourth-order valence-corrected chi connectivity index (χ4v) is 1.78. The van der Waals surface area contributed by atoms with Crippen molar-refractivity contribution in [2.24, 2.45) is 0 Å². The van der Waals surface area contributed by atoms with E-state index in [9.17, 15) is 4.79 Å². The van der Waals surface area contributed by atoms with E-state index in [0.29, 0.717) is 0 Å². The highest BCUT2D eigenvalue weighted by Crippen LogP contribution is 2.20. The van der Waals surface area contributed by atoms with Crippen LogP contribution in [0.5, 0.6) is 0 Å². The van der Waals surface area contributed by atoms with Gasteiger partial charge in [0.05, 0.1) is 6.04 Å². The number of anilines is 1. The summed E-state index contributed by atoms with van der Waals surface area (Å²) in [6, 6.07) is 0.111. The van der Waals surface area contributed by atoms with Crippen molar-refractivity contribution in [3.8, 4) is 0 Å². The van der Waals surface area contributed by atoms with Gasteiger partial charge in [0, 0.05) is 11.6 Å². The Morgan fingerprint density at radius 1 is 1.69 bits per heavy atom. The number of thiazole rings is 1. The second-order valence-corrected chi connectivity index (χ2v) is 4.01. The molecule has 2 aromatic heterocycles. The summed E-state index contributed by atoms with van der Waals surface area (Å²) in [5, 5.41) is 14.3. The Balaban J connectivity index is 2.06. The van der Waals surface area contributed by atoms with Gasteiger partial charge in [-0.05, 0) is 6.92 Å². The molecule has 0 fully saturated rings. The lowest BCUT2D eigenvalue weighted by atomic mass is 10.4. The maximum Gasteiger partial charge on any atom is 0.357 e. The molecule has 16 heavy (non-hydrogen) atoms. The van der Waals surface area contributed by atoms with Crippen LogP contribution in [-0.2, 0) is 0 Å². The minimum atomic E-state index is -1.11. The van der Waals surface area contributed by atoms with E-state index < -0.39 is 5.97 Å². The third-order valence-electron chi connectivity index (χ3n) is 1.89. The minimum Gasteiger partial charge on any atom is -0.476 e. The third kappa shape index (κ3) is 2.19. The zero-order valence-corrected chi connectivity index (χ0v) is 9.19. The molecule has 2 aromatic rings. The second-order valence-electron chi connectivity index (χ2n) is 3.08. The Hall–Kier alpha value is -1.89. The van der Waals surface area contributed by atoms with Gasteiger partial charge in [-0.3, -0.25) is 0 Å². The summed E-state index contributed by atoms with van der Waals surface area (Å²) >= 11 is 1.50. The van der Waals surface area contributed by atoms with Crippen LogP contribution in [0.2, 0.25) is 0 Å². The quantitative estimate of drug-likeness (QED) is 0.848. The third-order valence-corrected chi connectivity index (χ3v) is 2.84. The Morgan fingerprint density at radius 3 is 3.06 bits per heavy atom. The van der Waals surface area contributed by atoms with Crippen LogP contribution in [0.3, 0.4) is 0 Å². The van der Waals surface area contributed by atoms with Crippen LogP contribution < -0.4 is 5.32 Å². The van der Waals surface area contributed by atoms with E-state index in [2.05, 4.69) is 15.3 Å². The topological polar surface area (TPSA) is 88.2 Å². The van der Waals surface area contributed by atoms with E-state index >= 15 is 0 Å². The lowest BCUT2D eigenvalue weighted by Gasteiger charge is -2.07. The summed E-state index contributed by atoms with van der Waals surface area (Å²) in [7, 11) is 0. The van der Waals surface area contributed by atoms with Gasteiger partial charge < -0.3 is 14.8 Å². The molecule has 2 rings (SSSR count). The summed E-state index contributed by atoms with van der Waals surface area (Å²) in [6.45, 7) is 1.89. The van der Waals surface area contributed by atoms with Crippen LogP contribution >= 0.6 is 11.3 Å². The number of carboxylic acids is 1. The highest BCUT2D eigenvalue weighted by atomic mass is 32.1. The van der Waals surface area contributed by atoms with Crippen molar-refractivity contribution in [3.63, 3.8) is 0 Å². The molecule has 1 unspecified atom stereocenters. The molecule has 1 atom stereocenters. The molecule has 0 radical (unpaired) electrons. The number of nitrogens with zero attached hydrogens (tertiary/aromatic N) is 2. The SMILES string of the molecule is CC(Nc1nc(C(=O)O)co1)c1nccs1. The van der Waals surface area contributed by atoms with Crippen molar-refractivity contribution in [2.75, 3.05) is 5.32 Å². The van der Waals surface area contributed by atoms with Crippen molar-refractivity contribution in [3.05, 3.63) is 28.5 Å². The molecule has 0 saturated carbocycles. The van der Waals surface area contributed by atoms with Gasteiger partial charge in [-0.15, -0.1) is 11.3 Å². The van der Waals surface area contributed by atoms with Crippen LogP contribution in [0, 0.1) is 0 Å². The number of hydrogen-bond acceptors (Lipinski definition) is 6. The highest BCUT2D eigenvalue weighted by Gasteiger charge is 2.14. The monoisotopic (exact) mass is 239 g/mol. The molecule has 0 spiro atoms. The minimum absolute atomic E-state index is 0.0692. The summed E-state index contributed by atoms with van der Waals surface area (Å²) in [4.78, 5) is 18.5. The first-order valence-corrected chi connectivity index (χ1v) is 5.39. The molecule has 0 saturated heterocycles. The zero-order chi connectivity index (χ0) is 11.5. The van der Waals surface area contributed by atoms with Crippen LogP contribution in [-0.4, -0.2) is 21.0 Å². The maximum atomic E-state index is 10.6. The Kier molecular flexibility index (Phi) is 2.86. The van der Waals surface area contributed by atoms with E-state index in [-0.39, 0.29) is 17.8 Å². The fraction of sp³-hybridized carbons (Fsp3) is 0.222. The van der Waals surface area contributed by atoms with E-state index in [1.807, 2.05) is 12.3 Å². The molecule has 84 valence electrons. The number of carboxylic acid groups (broad SMARTS) is 1. The van der Waals surface area contributed by atoms with Crippen LogP contribution in [0.1, 0.15) is 28.5 Å². The average Bonchev–Trinajstić information content (AvgIpc) is 2.87. The molecule has 0 aliphatic rings. The highest BCUT2D eigenvalue weighted by molar-refractivity contribution is 7.09. The number of carbonyl (C=O) groups is 1. The summed E-state index contributed by atoms with van der Waals surface area (Å²) in [5.74, 6) is -1.11. The van der Waals surface area contributed by atoms with Crippen molar-refractivity contribution >= 4 is 23.3 Å². The number of rotatable bonds is 4. The summed E-state index contributed by atoms with van der Waals surface area (Å²) < 4.78 is 4.97. The van der Waals surface area contributed by atoms with E-state index in [1.54, 1.807) is 6.20 Å². The van der Waals surface area contributed by atoms with Gasteiger partial charge >= 0.3 is 5.97 Å². The molecule has 7 heteroatoms. The van der Waals surface area contributed by atoms with Gasteiger partial charge in [0.25, 0.3) is 6.01 Å². The van der Waals surface area contributed by atoms with Gasteiger partial charge in [0.15, 0.2) is 5.69 Å². The molecule has 0 aliphatic carbocycles. The normalized spacial score (nSPS) is 12.3. The first-order valence-electron chi connectivity index (χ1n) is 4.51. The fourth-order valence-electron chi connectivity index (χ4n) is 1.13. The second kappa shape index (κ2) is 4.31. The van der Waals surface area contributed by atoms with E-state index in [1.165, 1.54) is 11.3 Å². The van der Waals surface area contributed by atoms with E-state index in [4.69, 9.17) is 9.52 Å². The summed E-state index contributed by atoms with van der Waals surface area (Å²) in [5.41, 5.74) is -0.117. The van der Waals surface area contributed by atoms with Crippen LogP contribution in [0.25, 0.3) is 0 Å². The number of aromatic nitrogens is 2. The van der Waals surface area contributed by atoms with Gasteiger partial charge in [-0.2, -0.15) is 4.98 Å². The first kappa shape index (κ1) is 10.6. The molecule has 2 N–H and O–H groups in total. The van der Waals surface area contributed by atoms with Crippen molar-refractivity contribution in [1.82, 2.24) is 9.97 Å².